The monoisotopic (exact) mass is 315 g/mol. The van der Waals surface area contributed by atoms with Gasteiger partial charge in [-0.3, -0.25) is 4.79 Å². The summed E-state index contributed by atoms with van der Waals surface area (Å²) in [5.74, 6) is 0.206. The molecule has 116 valence electrons. The lowest BCUT2D eigenvalue weighted by molar-refractivity contribution is 0.0669. The number of aromatic nitrogens is 1. The van der Waals surface area contributed by atoms with Gasteiger partial charge in [0.15, 0.2) is 0 Å². The van der Waals surface area contributed by atoms with Crippen molar-refractivity contribution in [3.05, 3.63) is 46.4 Å². The molecular formula is C17H21N3OS. The van der Waals surface area contributed by atoms with Crippen molar-refractivity contribution in [2.75, 3.05) is 13.1 Å². The zero-order valence-corrected chi connectivity index (χ0v) is 13.4. The lowest BCUT2D eigenvalue weighted by Gasteiger charge is -2.28. The number of fused-ring (bicyclic) bond motifs is 2. The van der Waals surface area contributed by atoms with Gasteiger partial charge in [-0.1, -0.05) is 6.07 Å². The number of nitrogens with zero attached hydrogens (tertiary/aromatic N) is 2. The molecule has 0 spiro atoms. The molecule has 4 heterocycles. The van der Waals surface area contributed by atoms with Crippen LogP contribution in [0.4, 0.5) is 0 Å². The highest BCUT2D eigenvalue weighted by Gasteiger charge is 2.38. The Morgan fingerprint density at radius 2 is 2.14 bits per heavy atom. The fourth-order valence-corrected chi connectivity index (χ4v) is 4.47. The second kappa shape index (κ2) is 5.89. The number of nitrogens with one attached hydrogen (secondary N) is 1. The highest BCUT2D eigenvalue weighted by Crippen LogP contribution is 2.29. The van der Waals surface area contributed by atoms with Crippen LogP contribution in [0.3, 0.4) is 0 Å². The Bertz CT molecular complexity index is 635. The van der Waals surface area contributed by atoms with E-state index in [4.69, 9.17) is 0 Å². The van der Waals surface area contributed by atoms with Gasteiger partial charge in [0.1, 0.15) is 5.69 Å². The quantitative estimate of drug-likeness (QED) is 0.945. The topological polar surface area (TPSA) is 37.3 Å². The molecule has 2 aliphatic rings. The van der Waals surface area contributed by atoms with Gasteiger partial charge >= 0.3 is 0 Å². The van der Waals surface area contributed by atoms with E-state index in [1.807, 2.05) is 18.3 Å². The highest BCUT2D eigenvalue weighted by atomic mass is 32.1. The molecule has 2 atom stereocenters. The standard InChI is InChI=1S/C17H21N3OS/c21-17(20-13-5-6-14(20)11-18-8-7-13)16-4-1-9-19(16)12-15-3-2-10-22-15/h1-4,9-10,13-14,18H,5-8,11-12H2. The fraction of sp³-hybridized carbons (Fsp3) is 0.471. The van der Waals surface area contributed by atoms with Crippen LogP contribution in [0, 0.1) is 0 Å². The van der Waals surface area contributed by atoms with Gasteiger partial charge in [0.2, 0.25) is 0 Å². The number of carbonyl (C=O) groups excluding carboxylic acids is 1. The maximum atomic E-state index is 13.1. The van der Waals surface area contributed by atoms with Crippen molar-refractivity contribution in [3.8, 4) is 0 Å². The molecular weight excluding hydrogens is 294 g/mol. The number of carbonyl (C=O) groups is 1. The van der Waals surface area contributed by atoms with E-state index in [1.165, 1.54) is 4.88 Å². The van der Waals surface area contributed by atoms with Crippen molar-refractivity contribution in [2.45, 2.75) is 37.9 Å². The minimum absolute atomic E-state index is 0.206. The summed E-state index contributed by atoms with van der Waals surface area (Å²) in [5.41, 5.74) is 0.826. The van der Waals surface area contributed by atoms with Crippen molar-refractivity contribution in [2.24, 2.45) is 0 Å². The third-order valence-corrected chi connectivity index (χ3v) is 5.70. The van der Waals surface area contributed by atoms with Crippen molar-refractivity contribution in [1.29, 1.82) is 0 Å². The van der Waals surface area contributed by atoms with E-state index < -0.39 is 0 Å². The molecule has 2 aromatic heterocycles. The first-order valence-electron chi connectivity index (χ1n) is 8.04. The lowest BCUT2D eigenvalue weighted by atomic mass is 10.1. The molecule has 22 heavy (non-hydrogen) atoms. The first-order chi connectivity index (χ1) is 10.8. The molecule has 0 aliphatic carbocycles. The van der Waals surface area contributed by atoms with E-state index in [9.17, 15) is 4.79 Å². The van der Waals surface area contributed by atoms with E-state index in [1.54, 1.807) is 11.3 Å². The van der Waals surface area contributed by atoms with Gasteiger partial charge in [-0.2, -0.15) is 0 Å². The number of thiophene rings is 1. The zero-order chi connectivity index (χ0) is 14.9. The molecule has 2 aliphatic heterocycles. The first-order valence-corrected chi connectivity index (χ1v) is 8.92. The van der Waals surface area contributed by atoms with Crippen LogP contribution in [-0.4, -0.2) is 40.5 Å². The average molecular weight is 315 g/mol. The van der Waals surface area contributed by atoms with E-state index in [-0.39, 0.29) is 5.91 Å². The first kappa shape index (κ1) is 14.0. The van der Waals surface area contributed by atoms with Crippen LogP contribution < -0.4 is 5.32 Å². The number of hydrogen-bond donors (Lipinski definition) is 1. The summed E-state index contributed by atoms with van der Waals surface area (Å²) in [6, 6.07) is 8.92. The summed E-state index contributed by atoms with van der Waals surface area (Å²) >= 11 is 1.74. The van der Waals surface area contributed by atoms with Crippen LogP contribution in [0.25, 0.3) is 0 Å². The van der Waals surface area contributed by atoms with Crippen LogP contribution in [0.2, 0.25) is 0 Å². The summed E-state index contributed by atoms with van der Waals surface area (Å²) in [7, 11) is 0. The smallest absolute Gasteiger partial charge is 0.271 e. The van der Waals surface area contributed by atoms with Crippen molar-refractivity contribution in [1.82, 2.24) is 14.8 Å². The summed E-state index contributed by atoms with van der Waals surface area (Å²) in [6.07, 6.45) is 5.39. The predicted molar refractivity (Wildman–Crippen MR) is 88.3 cm³/mol. The van der Waals surface area contributed by atoms with Gasteiger partial charge in [-0.15, -0.1) is 11.3 Å². The molecule has 2 fully saturated rings. The van der Waals surface area contributed by atoms with Crippen LogP contribution in [0.5, 0.6) is 0 Å². The van der Waals surface area contributed by atoms with E-state index in [2.05, 4.69) is 32.3 Å². The molecule has 0 saturated carbocycles. The van der Waals surface area contributed by atoms with Gasteiger partial charge in [0, 0.05) is 29.7 Å². The third kappa shape index (κ3) is 2.48. The minimum Gasteiger partial charge on any atom is -0.338 e. The Labute approximate surface area is 134 Å². The second-order valence-corrected chi connectivity index (χ2v) is 7.22. The molecule has 5 heteroatoms. The van der Waals surface area contributed by atoms with Crippen LogP contribution in [0.1, 0.15) is 34.6 Å². The van der Waals surface area contributed by atoms with E-state index in [0.717, 1.165) is 44.6 Å². The normalized spacial score (nSPS) is 24.5. The Kier molecular flexibility index (Phi) is 3.76. The van der Waals surface area contributed by atoms with Gasteiger partial charge in [-0.25, -0.2) is 0 Å². The SMILES string of the molecule is O=C(c1cccn1Cc1cccs1)N1C2CCNCC1CC2. The van der Waals surface area contributed by atoms with Crippen molar-refractivity contribution < 1.29 is 4.79 Å². The molecule has 0 aromatic carbocycles. The molecule has 4 rings (SSSR count). The van der Waals surface area contributed by atoms with Crippen molar-refractivity contribution >= 4 is 17.2 Å². The summed E-state index contributed by atoms with van der Waals surface area (Å²) < 4.78 is 2.09. The molecule has 1 amide bonds. The number of amides is 1. The number of rotatable bonds is 3. The molecule has 2 unspecified atom stereocenters. The maximum absolute atomic E-state index is 13.1. The van der Waals surface area contributed by atoms with Crippen LogP contribution in [-0.2, 0) is 6.54 Å². The molecule has 0 radical (unpaired) electrons. The summed E-state index contributed by atoms with van der Waals surface area (Å²) in [6.45, 7) is 2.75. The Morgan fingerprint density at radius 3 is 3.00 bits per heavy atom. The maximum Gasteiger partial charge on any atom is 0.271 e. The third-order valence-electron chi connectivity index (χ3n) is 4.84. The average Bonchev–Trinajstić information content (AvgIpc) is 3.19. The lowest BCUT2D eigenvalue weighted by Crippen LogP contribution is -2.43. The largest absolute Gasteiger partial charge is 0.338 e. The van der Waals surface area contributed by atoms with Gasteiger partial charge in [-0.05, 0) is 49.4 Å². The molecule has 4 nitrogen and oxygen atoms in total. The zero-order valence-electron chi connectivity index (χ0n) is 12.6. The van der Waals surface area contributed by atoms with Gasteiger partial charge in [0.25, 0.3) is 5.91 Å². The van der Waals surface area contributed by atoms with Gasteiger partial charge < -0.3 is 14.8 Å². The van der Waals surface area contributed by atoms with Gasteiger partial charge in [0.05, 0.1) is 6.54 Å². The van der Waals surface area contributed by atoms with E-state index in [0.29, 0.717) is 12.1 Å². The Morgan fingerprint density at radius 1 is 1.23 bits per heavy atom. The van der Waals surface area contributed by atoms with Crippen LogP contribution in [0.15, 0.2) is 35.8 Å². The number of hydrogen-bond acceptors (Lipinski definition) is 3. The molecule has 2 saturated heterocycles. The minimum atomic E-state index is 0.206. The molecule has 2 aromatic rings. The van der Waals surface area contributed by atoms with Crippen LogP contribution >= 0.6 is 11.3 Å². The highest BCUT2D eigenvalue weighted by molar-refractivity contribution is 7.09. The summed E-state index contributed by atoms with van der Waals surface area (Å²) in [5, 5.41) is 5.55. The van der Waals surface area contributed by atoms with Crippen molar-refractivity contribution in [3.63, 3.8) is 0 Å². The van der Waals surface area contributed by atoms with E-state index >= 15 is 0 Å². The second-order valence-electron chi connectivity index (χ2n) is 6.19. The summed E-state index contributed by atoms with van der Waals surface area (Å²) in [4.78, 5) is 16.5. The predicted octanol–water partition coefficient (Wildman–Crippen LogP) is 2.56. The Hall–Kier alpha value is -1.59. The molecule has 2 bridgehead atoms. The fourth-order valence-electron chi connectivity index (χ4n) is 3.76. The Balaban J connectivity index is 1.59. The molecule has 1 N–H and O–H groups in total.